The summed E-state index contributed by atoms with van der Waals surface area (Å²) in [5, 5.41) is 8.59. The van der Waals surface area contributed by atoms with Crippen LogP contribution in [0.15, 0.2) is 24.8 Å². The number of ether oxygens (including phenoxy) is 1. The molecule has 0 spiro atoms. The molecule has 0 atom stereocenters. The fourth-order valence-corrected chi connectivity index (χ4v) is 1.09. The van der Waals surface area contributed by atoms with Gasteiger partial charge in [0.15, 0.2) is 5.82 Å². The molecule has 0 amide bonds. The minimum Gasteiger partial charge on any atom is -0.494 e. The minimum absolute atomic E-state index is 0.00310. The number of benzene rings is 1. The Balaban J connectivity index is 3.11. The average Bonchev–Trinajstić information content (AvgIpc) is 2.18. The number of hydrogen-bond donors (Lipinski definition) is 0. The maximum atomic E-state index is 13.5. The number of hydrogen-bond acceptors (Lipinski definition) is 2. The molecule has 0 aromatic heterocycles. The smallest absolute Gasteiger partial charge is 0.151 e. The standard InChI is InChI=1S/C11H10FNO/c1-3-14-8(2)10-6-4-5-9(7-13)11(10)12/h4-6H,2-3H2,1H3. The Morgan fingerprint density at radius 1 is 1.64 bits per heavy atom. The lowest BCUT2D eigenvalue weighted by atomic mass is 10.1. The van der Waals surface area contributed by atoms with Crippen molar-refractivity contribution in [3.05, 3.63) is 41.7 Å². The molecule has 14 heavy (non-hydrogen) atoms. The van der Waals surface area contributed by atoms with Crippen molar-refractivity contribution in [1.29, 1.82) is 5.26 Å². The van der Waals surface area contributed by atoms with Gasteiger partial charge in [-0.15, -0.1) is 0 Å². The van der Waals surface area contributed by atoms with Gasteiger partial charge in [-0.2, -0.15) is 5.26 Å². The van der Waals surface area contributed by atoms with Crippen molar-refractivity contribution >= 4 is 5.76 Å². The summed E-state index contributed by atoms with van der Waals surface area (Å²) >= 11 is 0. The van der Waals surface area contributed by atoms with Crippen LogP contribution in [0.2, 0.25) is 0 Å². The van der Waals surface area contributed by atoms with Crippen molar-refractivity contribution in [2.45, 2.75) is 6.92 Å². The zero-order chi connectivity index (χ0) is 10.6. The highest BCUT2D eigenvalue weighted by Crippen LogP contribution is 2.20. The van der Waals surface area contributed by atoms with Gasteiger partial charge in [0.25, 0.3) is 0 Å². The molecule has 1 rings (SSSR count). The van der Waals surface area contributed by atoms with Crippen LogP contribution in [-0.4, -0.2) is 6.61 Å². The zero-order valence-corrected chi connectivity index (χ0v) is 7.88. The Morgan fingerprint density at radius 2 is 2.36 bits per heavy atom. The van der Waals surface area contributed by atoms with Gasteiger partial charge in [0.1, 0.15) is 11.8 Å². The van der Waals surface area contributed by atoms with Crippen LogP contribution in [0.4, 0.5) is 4.39 Å². The number of rotatable bonds is 3. The average molecular weight is 191 g/mol. The van der Waals surface area contributed by atoms with Gasteiger partial charge in [-0.1, -0.05) is 12.6 Å². The van der Waals surface area contributed by atoms with E-state index < -0.39 is 5.82 Å². The monoisotopic (exact) mass is 191 g/mol. The van der Waals surface area contributed by atoms with Crippen molar-refractivity contribution in [2.75, 3.05) is 6.61 Å². The summed E-state index contributed by atoms with van der Waals surface area (Å²) in [6.07, 6.45) is 0. The molecule has 1 aromatic rings. The predicted molar refractivity (Wildman–Crippen MR) is 51.8 cm³/mol. The molecular weight excluding hydrogens is 181 g/mol. The quantitative estimate of drug-likeness (QED) is 0.688. The van der Waals surface area contributed by atoms with Gasteiger partial charge in [-0.3, -0.25) is 0 Å². The summed E-state index contributed by atoms with van der Waals surface area (Å²) in [5.74, 6) is -0.324. The van der Waals surface area contributed by atoms with Crippen LogP contribution in [-0.2, 0) is 4.74 Å². The zero-order valence-electron chi connectivity index (χ0n) is 7.88. The normalized spacial score (nSPS) is 9.21. The molecule has 0 aliphatic rings. The molecule has 72 valence electrons. The molecule has 0 aliphatic heterocycles. The van der Waals surface area contributed by atoms with E-state index in [1.807, 2.05) is 0 Å². The summed E-state index contributed by atoms with van der Waals surface area (Å²) < 4.78 is 18.5. The molecule has 1 aromatic carbocycles. The number of nitriles is 1. The van der Waals surface area contributed by atoms with E-state index in [0.29, 0.717) is 6.61 Å². The second kappa shape index (κ2) is 4.43. The Morgan fingerprint density at radius 3 is 2.93 bits per heavy atom. The minimum atomic E-state index is -0.576. The predicted octanol–water partition coefficient (Wildman–Crippen LogP) is 2.70. The highest BCUT2D eigenvalue weighted by molar-refractivity contribution is 5.60. The summed E-state index contributed by atoms with van der Waals surface area (Å²) in [7, 11) is 0. The highest BCUT2D eigenvalue weighted by Gasteiger charge is 2.10. The number of nitrogens with zero attached hydrogens (tertiary/aromatic N) is 1. The van der Waals surface area contributed by atoms with Crippen LogP contribution < -0.4 is 0 Å². The van der Waals surface area contributed by atoms with Crippen LogP contribution in [0.1, 0.15) is 18.1 Å². The molecule has 0 unspecified atom stereocenters. The lowest BCUT2D eigenvalue weighted by molar-refractivity contribution is 0.297. The third-order valence-electron chi connectivity index (χ3n) is 1.74. The summed E-state index contributed by atoms with van der Waals surface area (Å²) in [6.45, 7) is 5.79. The van der Waals surface area contributed by atoms with Crippen molar-refractivity contribution in [1.82, 2.24) is 0 Å². The Labute approximate surface area is 82.2 Å². The molecule has 0 fully saturated rings. The molecule has 2 nitrogen and oxygen atoms in total. The summed E-state index contributed by atoms with van der Waals surface area (Å²) in [4.78, 5) is 0. The SMILES string of the molecule is C=C(OCC)c1cccc(C#N)c1F. The van der Waals surface area contributed by atoms with Crippen LogP contribution in [0.3, 0.4) is 0 Å². The fraction of sp³-hybridized carbons (Fsp3) is 0.182. The summed E-state index contributed by atoms with van der Waals surface area (Å²) in [6, 6.07) is 6.31. The maximum absolute atomic E-state index is 13.5. The van der Waals surface area contributed by atoms with E-state index in [9.17, 15) is 4.39 Å². The molecule has 0 saturated heterocycles. The van der Waals surface area contributed by atoms with Gasteiger partial charge in [0.05, 0.1) is 17.7 Å². The van der Waals surface area contributed by atoms with Crippen molar-refractivity contribution in [3.63, 3.8) is 0 Å². The topological polar surface area (TPSA) is 33.0 Å². The molecule has 0 heterocycles. The first kappa shape index (κ1) is 10.3. The van der Waals surface area contributed by atoms with E-state index in [4.69, 9.17) is 10.00 Å². The van der Waals surface area contributed by atoms with Gasteiger partial charge in [0.2, 0.25) is 0 Å². The van der Waals surface area contributed by atoms with E-state index in [0.717, 1.165) is 0 Å². The Bertz CT molecular complexity index is 393. The van der Waals surface area contributed by atoms with Gasteiger partial charge in [-0.05, 0) is 19.1 Å². The Kier molecular flexibility index (Phi) is 3.24. The second-order valence-corrected chi connectivity index (χ2v) is 2.64. The molecule has 0 aliphatic carbocycles. The van der Waals surface area contributed by atoms with Gasteiger partial charge in [-0.25, -0.2) is 4.39 Å². The van der Waals surface area contributed by atoms with E-state index >= 15 is 0 Å². The molecular formula is C11H10FNO. The van der Waals surface area contributed by atoms with Crippen LogP contribution >= 0.6 is 0 Å². The van der Waals surface area contributed by atoms with E-state index in [2.05, 4.69) is 6.58 Å². The third-order valence-corrected chi connectivity index (χ3v) is 1.74. The largest absolute Gasteiger partial charge is 0.494 e. The third kappa shape index (κ3) is 1.91. The van der Waals surface area contributed by atoms with E-state index in [1.54, 1.807) is 19.1 Å². The molecule has 0 radical (unpaired) electrons. The first-order valence-electron chi connectivity index (χ1n) is 4.21. The summed E-state index contributed by atoms with van der Waals surface area (Å²) in [5.41, 5.74) is 0.245. The molecule has 0 N–H and O–H groups in total. The number of halogens is 1. The van der Waals surface area contributed by atoms with Gasteiger partial charge >= 0.3 is 0 Å². The lowest BCUT2D eigenvalue weighted by Gasteiger charge is -2.08. The lowest BCUT2D eigenvalue weighted by Crippen LogP contribution is -1.96. The van der Waals surface area contributed by atoms with E-state index in [1.165, 1.54) is 12.1 Å². The van der Waals surface area contributed by atoms with Crippen LogP contribution in [0, 0.1) is 17.1 Å². The first-order chi connectivity index (χ1) is 6.70. The van der Waals surface area contributed by atoms with Gasteiger partial charge < -0.3 is 4.74 Å². The first-order valence-corrected chi connectivity index (χ1v) is 4.21. The van der Waals surface area contributed by atoms with Gasteiger partial charge in [0, 0.05) is 0 Å². The molecule has 3 heteroatoms. The molecule has 0 bridgehead atoms. The van der Waals surface area contributed by atoms with Crippen LogP contribution in [0.25, 0.3) is 5.76 Å². The van der Waals surface area contributed by atoms with Crippen LogP contribution in [0.5, 0.6) is 0 Å². The van der Waals surface area contributed by atoms with E-state index in [-0.39, 0.29) is 16.9 Å². The maximum Gasteiger partial charge on any atom is 0.151 e. The van der Waals surface area contributed by atoms with Crippen molar-refractivity contribution in [3.8, 4) is 6.07 Å². The Hall–Kier alpha value is -1.82. The van der Waals surface area contributed by atoms with Crippen molar-refractivity contribution < 1.29 is 9.13 Å². The molecule has 0 saturated carbocycles. The highest BCUT2D eigenvalue weighted by atomic mass is 19.1. The van der Waals surface area contributed by atoms with Crippen molar-refractivity contribution in [2.24, 2.45) is 0 Å². The fourth-order valence-electron chi connectivity index (χ4n) is 1.09. The second-order valence-electron chi connectivity index (χ2n) is 2.64.